The van der Waals surface area contributed by atoms with Crippen LogP contribution in [0.4, 0.5) is 0 Å². The minimum atomic E-state index is -0.0925. The van der Waals surface area contributed by atoms with Gasteiger partial charge in [-0.3, -0.25) is 4.79 Å². The molecule has 0 aromatic carbocycles. The molecule has 0 spiro atoms. The summed E-state index contributed by atoms with van der Waals surface area (Å²) in [4.78, 5) is 24.6. The van der Waals surface area contributed by atoms with Crippen LogP contribution in [-0.2, 0) is 12.8 Å². The summed E-state index contributed by atoms with van der Waals surface area (Å²) in [5, 5.41) is 14.1. The van der Waals surface area contributed by atoms with Gasteiger partial charge in [0.1, 0.15) is 10.7 Å². The smallest absolute Gasteiger partial charge is 0.260 e. The molecule has 0 saturated heterocycles. The van der Waals surface area contributed by atoms with Gasteiger partial charge in [-0.05, 0) is 30.5 Å². The van der Waals surface area contributed by atoms with Gasteiger partial charge in [0.05, 0.1) is 16.0 Å². The topological polar surface area (TPSA) is 76.5 Å². The lowest BCUT2D eigenvalue weighted by Gasteiger charge is -2.03. The molecule has 10 heteroatoms. The van der Waals surface area contributed by atoms with Crippen molar-refractivity contribution >= 4 is 56.0 Å². The lowest BCUT2D eigenvalue weighted by Crippen LogP contribution is -2.10. The summed E-state index contributed by atoms with van der Waals surface area (Å²) < 4.78 is 1.97. The Labute approximate surface area is 182 Å². The van der Waals surface area contributed by atoms with Gasteiger partial charge in [-0.25, -0.2) is 4.98 Å². The Morgan fingerprint density at radius 1 is 1.17 bits per heavy atom. The number of hydrogen-bond acceptors (Lipinski definition) is 8. The second kappa shape index (κ2) is 7.52. The minimum absolute atomic E-state index is 0.0925. The van der Waals surface area contributed by atoms with E-state index in [4.69, 9.17) is 0 Å². The zero-order valence-corrected chi connectivity index (χ0v) is 18.8. The predicted molar refractivity (Wildman–Crippen MR) is 122 cm³/mol. The number of aromatic nitrogens is 5. The number of nitrogens with zero attached hydrogens (tertiary/aromatic N) is 4. The number of aromatic amines is 1. The van der Waals surface area contributed by atoms with Crippen molar-refractivity contribution in [3.05, 3.63) is 56.1 Å². The molecule has 0 bridgehead atoms. The van der Waals surface area contributed by atoms with E-state index >= 15 is 0 Å². The molecule has 5 heterocycles. The van der Waals surface area contributed by atoms with Crippen LogP contribution in [0.25, 0.3) is 31.4 Å². The minimum Gasteiger partial charge on any atom is -0.309 e. The summed E-state index contributed by atoms with van der Waals surface area (Å²) in [6.45, 7) is 2.07. The van der Waals surface area contributed by atoms with Crippen LogP contribution in [0, 0.1) is 6.92 Å². The third-order valence-electron chi connectivity index (χ3n) is 4.41. The first-order valence-corrected chi connectivity index (χ1v) is 12.3. The zero-order chi connectivity index (χ0) is 20.0. The van der Waals surface area contributed by atoms with Gasteiger partial charge in [0.2, 0.25) is 0 Å². The molecule has 29 heavy (non-hydrogen) atoms. The van der Waals surface area contributed by atoms with Gasteiger partial charge in [-0.2, -0.15) is 0 Å². The van der Waals surface area contributed by atoms with Gasteiger partial charge >= 0.3 is 0 Å². The molecular weight excluding hydrogens is 443 g/mol. The van der Waals surface area contributed by atoms with Crippen LogP contribution in [-0.4, -0.2) is 24.7 Å². The molecular formula is C19H15N5OS4. The maximum atomic E-state index is 12.8. The number of rotatable bonds is 5. The summed E-state index contributed by atoms with van der Waals surface area (Å²) in [6, 6.07) is 8.16. The molecule has 1 N–H and O–H groups in total. The van der Waals surface area contributed by atoms with Crippen molar-refractivity contribution in [2.45, 2.75) is 17.8 Å². The molecule has 0 radical (unpaired) electrons. The predicted octanol–water partition coefficient (Wildman–Crippen LogP) is 5.17. The maximum Gasteiger partial charge on any atom is 0.260 e. The molecule has 6 nitrogen and oxygen atoms in total. The van der Waals surface area contributed by atoms with Crippen molar-refractivity contribution in [3.63, 3.8) is 0 Å². The van der Waals surface area contributed by atoms with Crippen LogP contribution in [0.3, 0.4) is 0 Å². The number of thiophene rings is 3. The van der Waals surface area contributed by atoms with E-state index in [1.807, 2.05) is 34.5 Å². The lowest BCUT2D eigenvalue weighted by molar-refractivity contribution is 0.793. The van der Waals surface area contributed by atoms with Crippen LogP contribution >= 0.6 is 45.8 Å². The number of hydrogen-bond donors (Lipinski definition) is 1. The van der Waals surface area contributed by atoms with Gasteiger partial charge in [0, 0.05) is 27.7 Å². The van der Waals surface area contributed by atoms with Crippen LogP contribution < -0.4 is 5.56 Å². The maximum absolute atomic E-state index is 12.8. The molecule has 5 aromatic heterocycles. The second-order valence-corrected chi connectivity index (χ2v) is 10.4. The number of nitrogens with one attached hydrogen (secondary N) is 1. The van der Waals surface area contributed by atoms with E-state index in [0.29, 0.717) is 17.0 Å². The Balaban J connectivity index is 1.42. The third kappa shape index (κ3) is 3.46. The van der Waals surface area contributed by atoms with Gasteiger partial charge < -0.3 is 9.55 Å². The second-order valence-electron chi connectivity index (χ2n) is 6.38. The highest BCUT2D eigenvalue weighted by Gasteiger charge is 2.16. The SMILES string of the molecule is Cc1ccc(-c2csc3nc(CSc4nnc(-c5cccs5)n4C)[nH]c(=O)c23)s1. The summed E-state index contributed by atoms with van der Waals surface area (Å²) in [7, 11) is 1.95. The Bertz CT molecular complexity index is 1360. The first kappa shape index (κ1) is 18.7. The molecule has 0 aliphatic carbocycles. The van der Waals surface area contributed by atoms with E-state index in [9.17, 15) is 4.79 Å². The average molecular weight is 458 g/mol. The monoisotopic (exact) mass is 457 g/mol. The van der Waals surface area contributed by atoms with Crippen molar-refractivity contribution in [1.29, 1.82) is 0 Å². The van der Waals surface area contributed by atoms with Crippen molar-refractivity contribution in [2.75, 3.05) is 0 Å². The lowest BCUT2D eigenvalue weighted by atomic mass is 10.2. The summed E-state index contributed by atoms with van der Waals surface area (Å²) in [6.07, 6.45) is 0. The van der Waals surface area contributed by atoms with Crippen molar-refractivity contribution in [3.8, 4) is 21.1 Å². The largest absolute Gasteiger partial charge is 0.309 e. The first-order valence-electron chi connectivity index (χ1n) is 8.73. The fraction of sp³-hybridized carbons (Fsp3) is 0.158. The van der Waals surface area contributed by atoms with Gasteiger partial charge in [0.25, 0.3) is 5.56 Å². The van der Waals surface area contributed by atoms with Gasteiger partial charge in [-0.15, -0.1) is 44.2 Å². The van der Waals surface area contributed by atoms with E-state index in [-0.39, 0.29) is 5.56 Å². The van der Waals surface area contributed by atoms with Gasteiger partial charge in [-0.1, -0.05) is 17.8 Å². The van der Waals surface area contributed by atoms with Crippen molar-refractivity contribution in [1.82, 2.24) is 24.7 Å². The Morgan fingerprint density at radius 3 is 2.83 bits per heavy atom. The molecule has 5 rings (SSSR count). The van der Waals surface area contributed by atoms with E-state index in [1.54, 1.807) is 22.7 Å². The normalized spacial score (nSPS) is 11.5. The number of fused-ring (bicyclic) bond motifs is 1. The molecule has 0 atom stereocenters. The number of aryl methyl sites for hydroxylation is 1. The molecule has 146 valence electrons. The molecule has 0 unspecified atom stereocenters. The quantitative estimate of drug-likeness (QED) is 0.368. The summed E-state index contributed by atoms with van der Waals surface area (Å²) in [5.41, 5.74) is 0.870. The van der Waals surface area contributed by atoms with E-state index in [1.165, 1.54) is 28.0 Å². The highest BCUT2D eigenvalue weighted by molar-refractivity contribution is 7.98. The zero-order valence-electron chi connectivity index (χ0n) is 15.5. The number of H-pyrrole nitrogens is 1. The van der Waals surface area contributed by atoms with Crippen molar-refractivity contribution < 1.29 is 0 Å². The molecule has 5 aromatic rings. The van der Waals surface area contributed by atoms with Crippen LogP contribution in [0.5, 0.6) is 0 Å². The molecule has 0 aliphatic rings. The highest BCUT2D eigenvalue weighted by atomic mass is 32.2. The molecule has 0 saturated carbocycles. The molecule has 0 amide bonds. The Hall–Kier alpha value is -2.27. The van der Waals surface area contributed by atoms with Crippen LogP contribution in [0.2, 0.25) is 0 Å². The Kier molecular flexibility index (Phi) is 4.86. The average Bonchev–Trinajstić information content (AvgIpc) is 3.46. The third-order valence-corrected chi connectivity index (χ3v) is 8.22. The van der Waals surface area contributed by atoms with E-state index in [0.717, 1.165) is 31.1 Å². The molecule has 0 aliphatic heterocycles. The van der Waals surface area contributed by atoms with Gasteiger partial charge in [0.15, 0.2) is 11.0 Å². The fourth-order valence-electron chi connectivity index (χ4n) is 3.02. The number of thioether (sulfide) groups is 1. The fourth-order valence-corrected chi connectivity index (χ4v) is 6.46. The standard InChI is InChI=1S/C19H15N5OS4/c1-10-5-6-12(29-10)11-8-27-18-15(11)17(25)20-14(21-18)9-28-19-23-22-16(24(19)2)13-4-3-7-26-13/h3-8H,9H2,1-2H3,(H,20,21,25). The summed E-state index contributed by atoms with van der Waals surface area (Å²) >= 11 is 6.34. The van der Waals surface area contributed by atoms with Crippen molar-refractivity contribution in [2.24, 2.45) is 7.05 Å². The Morgan fingerprint density at radius 2 is 2.07 bits per heavy atom. The molecule has 0 fully saturated rings. The first-order chi connectivity index (χ1) is 14.1. The summed E-state index contributed by atoms with van der Waals surface area (Å²) in [5.74, 6) is 2.00. The van der Waals surface area contributed by atoms with E-state index in [2.05, 4.69) is 39.2 Å². The van der Waals surface area contributed by atoms with E-state index < -0.39 is 0 Å². The van der Waals surface area contributed by atoms with Crippen LogP contribution in [0.1, 0.15) is 10.7 Å². The highest BCUT2D eigenvalue weighted by Crippen LogP contribution is 2.35. The van der Waals surface area contributed by atoms with Crippen LogP contribution in [0.15, 0.2) is 45.0 Å².